The number of rotatable bonds is 1. The summed E-state index contributed by atoms with van der Waals surface area (Å²) in [7, 11) is 0. The summed E-state index contributed by atoms with van der Waals surface area (Å²) in [6.07, 6.45) is -1.70. The number of nitriles is 1. The highest BCUT2D eigenvalue weighted by atomic mass is 19.3. The van der Waals surface area contributed by atoms with Gasteiger partial charge >= 0.3 is 0 Å². The number of aromatic nitrogens is 2. The van der Waals surface area contributed by atoms with E-state index < -0.39 is 12.1 Å². The Bertz CT molecular complexity index is 331. The van der Waals surface area contributed by atoms with E-state index in [1.807, 2.05) is 13.8 Å². The fourth-order valence-corrected chi connectivity index (χ4v) is 0.796. The second-order valence-electron chi connectivity index (χ2n) is 2.13. The van der Waals surface area contributed by atoms with Crippen LogP contribution in [0.5, 0.6) is 0 Å². The summed E-state index contributed by atoms with van der Waals surface area (Å²) in [4.78, 5) is 6.95. The highest BCUT2D eigenvalue weighted by molar-refractivity contribution is 5.36. The minimum absolute atomic E-state index is 0.132. The van der Waals surface area contributed by atoms with Gasteiger partial charge in [-0.1, -0.05) is 13.8 Å². The molecule has 1 heterocycles. The molecule has 0 radical (unpaired) electrons. The van der Waals surface area contributed by atoms with E-state index >= 15 is 0 Å². The lowest BCUT2D eigenvalue weighted by molar-refractivity contribution is 0.145. The van der Waals surface area contributed by atoms with E-state index in [0.29, 0.717) is 0 Å². The van der Waals surface area contributed by atoms with Gasteiger partial charge in [0.2, 0.25) is 0 Å². The number of nitrogens with zero attached hydrogens (tertiary/aromatic N) is 3. The second kappa shape index (κ2) is 5.97. The molecule has 0 aliphatic carbocycles. The third-order valence-corrected chi connectivity index (χ3v) is 1.38. The summed E-state index contributed by atoms with van der Waals surface area (Å²) >= 11 is 0. The van der Waals surface area contributed by atoms with Gasteiger partial charge in [0.15, 0.2) is 0 Å². The molecule has 1 aromatic rings. The van der Waals surface area contributed by atoms with Crippen molar-refractivity contribution in [3.63, 3.8) is 0 Å². The molecular weight excluding hydrogens is 188 g/mol. The van der Waals surface area contributed by atoms with E-state index in [9.17, 15) is 8.78 Å². The van der Waals surface area contributed by atoms with Gasteiger partial charge < -0.3 is 0 Å². The molecule has 0 aliphatic rings. The molecule has 14 heavy (non-hydrogen) atoms. The number of alkyl halides is 2. The van der Waals surface area contributed by atoms with Crippen LogP contribution in [0.4, 0.5) is 8.78 Å². The van der Waals surface area contributed by atoms with E-state index in [-0.39, 0.29) is 11.3 Å². The highest BCUT2D eigenvalue weighted by Crippen LogP contribution is 2.20. The number of hydrogen-bond donors (Lipinski definition) is 0. The minimum atomic E-state index is -2.72. The highest BCUT2D eigenvalue weighted by Gasteiger charge is 2.16. The summed E-state index contributed by atoms with van der Waals surface area (Å²) in [5, 5.41) is 8.48. The van der Waals surface area contributed by atoms with E-state index in [2.05, 4.69) is 9.97 Å². The Balaban J connectivity index is 0.000000791. The molecule has 0 atom stereocenters. The molecule has 0 spiro atoms. The lowest BCUT2D eigenvalue weighted by Gasteiger charge is -2.01. The van der Waals surface area contributed by atoms with E-state index in [4.69, 9.17) is 5.26 Å². The predicted molar refractivity (Wildman–Crippen MR) is 47.8 cm³/mol. The molecule has 0 saturated heterocycles. The van der Waals surface area contributed by atoms with Gasteiger partial charge in [0.1, 0.15) is 23.7 Å². The molecule has 0 N–H and O–H groups in total. The maximum Gasteiger partial charge on any atom is 0.281 e. The maximum atomic E-state index is 12.2. The van der Waals surface area contributed by atoms with Crippen molar-refractivity contribution in [2.75, 3.05) is 0 Å². The Hall–Kier alpha value is -1.57. The first-order chi connectivity index (χ1) is 6.66. The van der Waals surface area contributed by atoms with Crippen molar-refractivity contribution in [1.82, 2.24) is 9.97 Å². The zero-order valence-electron chi connectivity index (χ0n) is 8.25. The third kappa shape index (κ3) is 2.73. The molecule has 3 nitrogen and oxygen atoms in total. The van der Waals surface area contributed by atoms with Crippen LogP contribution in [-0.4, -0.2) is 9.97 Å². The Kier molecular flexibility index (Phi) is 5.30. The molecule has 0 aliphatic heterocycles. The van der Waals surface area contributed by atoms with Gasteiger partial charge in [-0.15, -0.1) is 0 Å². The van der Waals surface area contributed by atoms with Gasteiger partial charge in [0.25, 0.3) is 6.43 Å². The van der Waals surface area contributed by atoms with Gasteiger partial charge in [-0.3, -0.25) is 0 Å². The Morgan fingerprint density at radius 3 is 2.29 bits per heavy atom. The van der Waals surface area contributed by atoms with Crippen molar-refractivity contribution in [3.8, 4) is 6.07 Å². The minimum Gasteiger partial charge on any atom is -0.240 e. The molecule has 1 rings (SSSR count). The smallest absolute Gasteiger partial charge is 0.240 e. The lowest BCUT2D eigenvalue weighted by Crippen LogP contribution is -1.99. The predicted octanol–water partition coefficient (Wildman–Crippen LogP) is 2.62. The van der Waals surface area contributed by atoms with Crippen LogP contribution in [0.25, 0.3) is 0 Å². The van der Waals surface area contributed by atoms with Gasteiger partial charge in [-0.2, -0.15) is 5.26 Å². The van der Waals surface area contributed by atoms with Crippen LogP contribution in [0.3, 0.4) is 0 Å². The van der Waals surface area contributed by atoms with Gasteiger partial charge in [0, 0.05) is 0 Å². The largest absolute Gasteiger partial charge is 0.281 e. The number of halogens is 2. The quantitative estimate of drug-likeness (QED) is 0.698. The number of aryl methyl sites for hydroxylation is 1. The normalized spacial score (nSPS) is 8.93. The van der Waals surface area contributed by atoms with Crippen LogP contribution in [0.2, 0.25) is 0 Å². The van der Waals surface area contributed by atoms with Gasteiger partial charge in [0.05, 0.1) is 5.69 Å². The first-order valence-electron chi connectivity index (χ1n) is 4.16. The monoisotopic (exact) mass is 199 g/mol. The lowest BCUT2D eigenvalue weighted by atomic mass is 10.2. The molecule has 5 heteroatoms. The van der Waals surface area contributed by atoms with Gasteiger partial charge in [-0.05, 0) is 6.92 Å². The van der Waals surface area contributed by atoms with E-state index in [1.165, 1.54) is 6.92 Å². The summed E-state index contributed by atoms with van der Waals surface area (Å²) < 4.78 is 24.3. The maximum absolute atomic E-state index is 12.2. The first-order valence-corrected chi connectivity index (χ1v) is 4.16. The Morgan fingerprint density at radius 1 is 1.36 bits per heavy atom. The van der Waals surface area contributed by atoms with Crippen LogP contribution < -0.4 is 0 Å². The van der Waals surface area contributed by atoms with Crippen molar-refractivity contribution < 1.29 is 8.78 Å². The SMILES string of the molecule is CC.Cc1ncnc(C(F)F)c1C#N. The summed E-state index contributed by atoms with van der Waals surface area (Å²) in [5.41, 5.74) is -0.347. The molecule has 1 aromatic heterocycles. The van der Waals surface area contributed by atoms with Crippen LogP contribution in [0.1, 0.15) is 37.2 Å². The third-order valence-electron chi connectivity index (χ3n) is 1.38. The molecular formula is C9H11F2N3. The molecule has 0 amide bonds. The Morgan fingerprint density at radius 2 is 1.93 bits per heavy atom. The average Bonchev–Trinajstić information content (AvgIpc) is 2.20. The van der Waals surface area contributed by atoms with Crippen molar-refractivity contribution in [1.29, 1.82) is 5.26 Å². The Labute approximate surface area is 81.4 Å². The van der Waals surface area contributed by atoms with Crippen molar-refractivity contribution in [2.24, 2.45) is 0 Å². The van der Waals surface area contributed by atoms with Crippen molar-refractivity contribution >= 4 is 0 Å². The standard InChI is InChI=1S/C7H5F2N3.C2H6/c1-4-5(2-10)6(7(8)9)12-3-11-4;1-2/h3,7H,1H3;1-2H3. The first kappa shape index (κ1) is 12.4. The van der Waals surface area contributed by atoms with Crippen LogP contribution >= 0.6 is 0 Å². The van der Waals surface area contributed by atoms with Crippen LogP contribution in [-0.2, 0) is 0 Å². The second-order valence-corrected chi connectivity index (χ2v) is 2.13. The summed E-state index contributed by atoms with van der Waals surface area (Å²) in [6, 6.07) is 1.64. The summed E-state index contributed by atoms with van der Waals surface area (Å²) in [6.45, 7) is 5.49. The molecule has 0 unspecified atom stereocenters. The zero-order valence-corrected chi connectivity index (χ0v) is 8.25. The van der Waals surface area contributed by atoms with Crippen molar-refractivity contribution in [3.05, 3.63) is 23.3 Å². The molecule has 0 fully saturated rings. The summed E-state index contributed by atoms with van der Waals surface area (Å²) in [5.74, 6) is 0. The molecule has 76 valence electrons. The van der Waals surface area contributed by atoms with E-state index in [0.717, 1.165) is 6.33 Å². The molecule has 0 bridgehead atoms. The van der Waals surface area contributed by atoms with Gasteiger partial charge in [-0.25, -0.2) is 18.7 Å². The fourth-order valence-electron chi connectivity index (χ4n) is 0.796. The fraction of sp³-hybridized carbons (Fsp3) is 0.444. The van der Waals surface area contributed by atoms with E-state index in [1.54, 1.807) is 6.07 Å². The topological polar surface area (TPSA) is 49.6 Å². The van der Waals surface area contributed by atoms with Crippen LogP contribution in [0.15, 0.2) is 6.33 Å². The van der Waals surface area contributed by atoms with Crippen molar-refractivity contribution in [2.45, 2.75) is 27.2 Å². The molecule has 0 aromatic carbocycles. The zero-order chi connectivity index (χ0) is 11.1. The average molecular weight is 199 g/mol. The van der Waals surface area contributed by atoms with Crippen LogP contribution in [0, 0.1) is 18.3 Å². The number of hydrogen-bond acceptors (Lipinski definition) is 3. The molecule has 0 saturated carbocycles.